The van der Waals surface area contributed by atoms with Gasteiger partial charge in [0.15, 0.2) is 5.16 Å². The van der Waals surface area contributed by atoms with Crippen LogP contribution in [0, 0.1) is 0 Å². The van der Waals surface area contributed by atoms with Crippen molar-refractivity contribution in [1.29, 1.82) is 0 Å². The highest BCUT2D eigenvalue weighted by Gasteiger charge is 2.08. The van der Waals surface area contributed by atoms with Gasteiger partial charge in [-0.2, -0.15) is 0 Å². The minimum Gasteiger partial charge on any atom is -0.469 e. The Kier molecular flexibility index (Phi) is 4.92. The molecule has 0 bridgehead atoms. The van der Waals surface area contributed by atoms with E-state index in [1.165, 1.54) is 7.11 Å². The van der Waals surface area contributed by atoms with Gasteiger partial charge in [0.25, 0.3) is 0 Å². The number of hydrogen-bond acceptors (Lipinski definition) is 5. The summed E-state index contributed by atoms with van der Waals surface area (Å²) in [7, 11) is 1.40. The first-order valence-electron chi connectivity index (χ1n) is 5.83. The van der Waals surface area contributed by atoms with E-state index < -0.39 is 0 Å². The highest BCUT2D eigenvalue weighted by atomic mass is 32.2. The van der Waals surface area contributed by atoms with Crippen molar-refractivity contribution in [3.05, 3.63) is 53.9 Å². The van der Waals surface area contributed by atoms with E-state index in [0.717, 1.165) is 22.0 Å². The summed E-state index contributed by atoms with van der Waals surface area (Å²) in [6, 6.07) is 9.62. The molecule has 0 amide bonds. The Labute approximate surface area is 116 Å². The summed E-state index contributed by atoms with van der Waals surface area (Å²) >= 11 is 1.55. The highest BCUT2D eigenvalue weighted by molar-refractivity contribution is 7.98. The maximum absolute atomic E-state index is 11.4. The summed E-state index contributed by atoms with van der Waals surface area (Å²) in [5.74, 6) is 0.505. The molecule has 0 aliphatic rings. The zero-order valence-corrected chi connectivity index (χ0v) is 11.4. The van der Waals surface area contributed by atoms with Crippen LogP contribution in [0.1, 0.15) is 11.1 Å². The van der Waals surface area contributed by atoms with Crippen molar-refractivity contribution in [2.24, 2.45) is 0 Å². The van der Waals surface area contributed by atoms with Crippen molar-refractivity contribution >= 4 is 17.7 Å². The van der Waals surface area contributed by atoms with Gasteiger partial charge in [0.05, 0.1) is 13.5 Å². The lowest BCUT2D eigenvalue weighted by Crippen LogP contribution is -2.06. The van der Waals surface area contributed by atoms with Crippen LogP contribution in [0.5, 0.6) is 0 Å². The molecule has 0 spiro atoms. The number of carbonyl (C=O) groups is 1. The number of nitrogens with zero attached hydrogens (tertiary/aromatic N) is 2. The minimum absolute atomic E-state index is 0.228. The third-order valence-corrected chi connectivity index (χ3v) is 3.50. The van der Waals surface area contributed by atoms with E-state index in [0.29, 0.717) is 6.42 Å². The zero-order valence-electron chi connectivity index (χ0n) is 10.6. The lowest BCUT2D eigenvalue weighted by molar-refractivity contribution is -0.139. The van der Waals surface area contributed by atoms with Gasteiger partial charge in [-0.25, -0.2) is 9.97 Å². The molecule has 0 N–H and O–H groups in total. The second-order valence-electron chi connectivity index (χ2n) is 3.84. The summed E-state index contributed by atoms with van der Waals surface area (Å²) < 4.78 is 4.70. The first-order chi connectivity index (χ1) is 9.29. The molecular weight excluding hydrogens is 260 g/mol. The summed E-state index contributed by atoms with van der Waals surface area (Å²) in [5.41, 5.74) is 2.09. The van der Waals surface area contributed by atoms with Crippen LogP contribution in [-0.4, -0.2) is 23.0 Å². The number of thioether (sulfide) groups is 1. The van der Waals surface area contributed by atoms with Crippen LogP contribution in [-0.2, 0) is 21.7 Å². The summed E-state index contributed by atoms with van der Waals surface area (Å²) in [5, 5.41) is 0.732. The van der Waals surface area contributed by atoms with E-state index in [-0.39, 0.29) is 5.97 Å². The van der Waals surface area contributed by atoms with Gasteiger partial charge in [-0.3, -0.25) is 4.79 Å². The van der Waals surface area contributed by atoms with E-state index in [4.69, 9.17) is 4.74 Å². The minimum atomic E-state index is -0.228. The molecule has 0 fully saturated rings. The third kappa shape index (κ3) is 4.06. The summed E-state index contributed by atoms with van der Waals surface area (Å²) in [4.78, 5) is 19.7. The molecule has 0 unspecified atom stereocenters. The lowest BCUT2D eigenvalue weighted by Gasteiger charge is -2.07. The Hall–Kier alpha value is -1.88. The molecule has 5 heteroatoms. The van der Waals surface area contributed by atoms with Crippen LogP contribution in [0.3, 0.4) is 0 Å². The third-order valence-electron chi connectivity index (χ3n) is 2.58. The molecule has 0 saturated heterocycles. The van der Waals surface area contributed by atoms with Crippen molar-refractivity contribution in [2.45, 2.75) is 17.3 Å². The van der Waals surface area contributed by atoms with Gasteiger partial charge in [-0.1, -0.05) is 36.0 Å². The van der Waals surface area contributed by atoms with Gasteiger partial charge in [0, 0.05) is 18.1 Å². The van der Waals surface area contributed by atoms with Crippen LogP contribution in [0.4, 0.5) is 0 Å². The van der Waals surface area contributed by atoms with E-state index in [1.54, 1.807) is 30.2 Å². The van der Waals surface area contributed by atoms with Gasteiger partial charge >= 0.3 is 5.97 Å². The molecule has 0 aliphatic carbocycles. The number of aromatic nitrogens is 2. The molecule has 2 rings (SSSR count). The van der Waals surface area contributed by atoms with Crippen molar-refractivity contribution in [1.82, 2.24) is 9.97 Å². The van der Waals surface area contributed by atoms with Crippen LogP contribution in [0.25, 0.3) is 0 Å². The number of carbonyl (C=O) groups excluding carboxylic acids is 1. The second kappa shape index (κ2) is 6.89. The largest absolute Gasteiger partial charge is 0.469 e. The molecule has 1 aromatic heterocycles. The quantitative estimate of drug-likeness (QED) is 0.476. The topological polar surface area (TPSA) is 52.1 Å². The molecule has 0 atom stereocenters. The molecule has 4 nitrogen and oxygen atoms in total. The fourth-order valence-electron chi connectivity index (χ4n) is 1.60. The van der Waals surface area contributed by atoms with E-state index in [9.17, 15) is 4.79 Å². The van der Waals surface area contributed by atoms with Crippen LogP contribution in [0.2, 0.25) is 0 Å². The van der Waals surface area contributed by atoms with Crippen molar-refractivity contribution in [3.63, 3.8) is 0 Å². The van der Waals surface area contributed by atoms with Gasteiger partial charge in [0.1, 0.15) is 0 Å². The number of rotatable bonds is 5. The lowest BCUT2D eigenvalue weighted by atomic mass is 10.1. The Morgan fingerprint density at radius 2 is 1.84 bits per heavy atom. The molecule has 19 heavy (non-hydrogen) atoms. The molecule has 0 saturated carbocycles. The fraction of sp³-hybridized carbons (Fsp3) is 0.214. The van der Waals surface area contributed by atoms with Gasteiger partial charge in [-0.15, -0.1) is 0 Å². The SMILES string of the molecule is COC(=O)Cc1ccccc1CSc1ncccn1. The molecule has 1 heterocycles. The Bertz CT molecular complexity index is 546. The van der Waals surface area contributed by atoms with Gasteiger partial charge in [-0.05, 0) is 17.2 Å². The zero-order chi connectivity index (χ0) is 13.5. The fourth-order valence-corrected chi connectivity index (χ4v) is 2.44. The van der Waals surface area contributed by atoms with Crippen LogP contribution in [0.15, 0.2) is 47.9 Å². The highest BCUT2D eigenvalue weighted by Crippen LogP contribution is 2.21. The predicted octanol–water partition coefficient (Wildman–Crippen LogP) is 2.48. The smallest absolute Gasteiger partial charge is 0.309 e. The standard InChI is InChI=1S/C14H14N2O2S/c1-18-13(17)9-11-5-2-3-6-12(11)10-19-14-15-7-4-8-16-14/h2-8H,9-10H2,1H3. The molecule has 0 aliphatic heterocycles. The molecule has 98 valence electrons. The Morgan fingerprint density at radius 3 is 2.53 bits per heavy atom. The van der Waals surface area contributed by atoms with Crippen molar-refractivity contribution in [2.75, 3.05) is 7.11 Å². The molecule has 0 radical (unpaired) electrons. The normalized spacial score (nSPS) is 10.2. The Morgan fingerprint density at radius 1 is 1.16 bits per heavy atom. The first-order valence-corrected chi connectivity index (χ1v) is 6.81. The van der Waals surface area contributed by atoms with Crippen molar-refractivity contribution in [3.8, 4) is 0 Å². The average Bonchev–Trinajstić information content (AvgIpc) is 2.47. The number of ether oxygens (including phenoxy) is 1. The van der Waals surface area contributed by atoms with E-state index in [1.807, 2.05) is 24.3 Å². The first kappa shape index (κ1) is 13.5. The molecular formula is C14H14N2O2S. The predicted molar refractivity (Wildman–Crippen MR) is 73.8 cm³/mol. The van der Waals surface area contributed by atoms with Gasteiger partial charge in [0.2, 0.25) is 0 Å². The van der Waals surface area contributed by atoms with E-state index in [2.05, 4.69) is 9.97 Å². The van der Waals surface area contributed by atoms with E-state index >= 15 is 0 Å². The van der Waals surface area contributed by atoms with Gasteiger partial charge < -0.3 is 4.74 Å². The van der Waals surface area contributed by atoms with Crippen molar-refractivity contribution < 1.29 is 9.53 Å². The maximum Gasteiger partial charge on any atom is 0.309 e. The number of methoxy groups -OCH3 is 1. The molecule has 1 aromatic carbocycles. The molecule has 2 aromatic rings. The Balaban J connectivity index is 2.05. The van der Waals surface area contributed by atoms with Crippen LogP contribution >= 0.6 is 11.8 Å². The summed E-state index contributed by atoms with van der Waals surface area (Å²) in [6.07, 6.45) is 3.73. The number of hydrogen-bond donors (Lipinski definition) is 0. The summed E-state index contributed by atoms with van der Waals surface area (Å²) in [6.45, 7) is 0. The monoisotopic (exact) mass is 274 g/mol. The number of esters is 1. The maximum atomic E-state index is 11.4. The average molecular weight is 274 g/mol. The second-order valence-corrected chi connectivity index (χ2v) is 4.78. The number of benzene rings is 1. The van der Waals surface area contributed by atoms with Crippen LogP contribution < -0.4 is 0 Å².